The Hall–Kier alpha value is 0. The van der Waals surface area contributed by atoms with Crippen LogP contribution in [0.25, 0.3) is 0 Å². The van der Waals surface area contributed by atoms with Gasteiger partial charge in [-0.2, -0.15) is 0 Å². The monoisotopic (exact) mass is 281 g/mol. The highest BCUT2D eigenvalue weighted by Gasteiger charge is 2.05. The van der Waals surface area contributed by atoms with E-state index >= 15 is 0 Å². The summed E-state index contributed by atoms with van der Waals surface area (Å²) >= 11 is 0. The highest BCUT2D eigenvalue weighted by atomic mass is 14.1. The molecule has 0 nitrogen and oxygen atoms in total. The van der Waals surface area contributed by atoms with Crippen molar-refractivity contribution in [2.75, 3.05) is 0 Å². The first-order valence-electron chi connectivity index (χ1n) is 9.53. The number of rotatable bonds is 15. The van der Waals surface area contributed by atoms with E-state index in [9.17, 15) is 0 Å². The third-order valence-electron chi connectivity index (χ3n) is 4.80. The van der Waals surface area contributed by atoms with Crippen LogP contribution < -0.4 is 0 Å². The van der Waals surface area contributed by atoms with Crippen LogP contribution in [0, 0.1) is 18.8 Å². The highest BCUT2D eigenvalue weighted by Crippen LogP contribution is 2.21. The molecule has 0 aromatic carbocycles. The zero-order chi connectivity index (χ0) is 15.1. The van der Waals surface area contributed by atoms with Crippen molar-refractivity contribution in [3.05, 3.63) is 6.92 Å². The predicted molar refractivity (Wildman–Crippen MR) is 94.0 cm³/mol. The fraction of sp³-hybridized carbons (Fsp3) is 0.950. The molecule has 121 valence electrons. The molecule has 0 saturated carbocycles. The summed E-state index contributed by atoms with van der Waals surface area (Å²) < 4.78 is 0. The maximum atomic E-state index is 3.94. The summed E-state index contributed by atoms with van der Waals surface area (Å²) in [7, 11) is 0. The maximum absolute atomic E-state index is 3.94. The van der Waals surface area contributed by atoms with Gasteiger partial charge in [-0.25, -0.2) is 0 Å². The van der Waals surface area contributed by atoms with E-state index in [0.717, 1.165) is 18.3 Å². The normalized spacial score (nSPS) is 14.4. The average Bonchev–Trinajstić information content (AvgIpc) is 2.45. The minimum atomic E-state index is 0.899. The average molecular weight is 282 g/mol. The minimum Gasteiger partial charge on any atom is -0.0654 e. The van der Waals surface area contributed by atoms with Crippen LogP contribution in [0.4, 0.5) is 0 Å². The van der Waals surface area contributed by atoms with E-state index in [0.29, 0.717) is 0 Å². The van der Waals surface area contributed by atoms with Crippen LogP contribution in [0.1, 0.15) is 111 Å². The highest BCUT2D eigenvalue weighted by molar-refractivity contribution is 4.59. The summed E-state index contributed by atoms with van der Waals surface area (Å²) in [6.07, 6.45) is 19.8. The van der Waals surface area contributed by atoms with Crippen LogP contribution in [-0.2, 0) is 0 Å². The largest absolute Gasteiger partial charge is 0.0654 e. The zero-order valence-corrected chi connectivity index (χ0v) is 14.8. The summed E-state index contributed by atoms with van der Waals surface area (Å²) in [5, 5.41) is 0. The topological polar surface area (TPSA) is 0 Å². The standard InChI is InChI=1S/C20H41/c1-5-8-17-20(7-3)18-14-12-10-9-11-13-16-19(4)15-6-2/h19-20H,2,5-18H2,1,3-4H3. The number of hydrogen-bond donors (Lipinski definition) is 0. The first-order valence-corrected chi connectivity index (χ1v) is 9.53. The molecule has 0 bridgehead atoms. The Kier molecular flexibility index (Phi) is 15.4. The van der Waals surface area contributed by atoms with Gasteiger partial charge in [0.05, 0.1) is 0 Å². The van der Waals surface area contributed by atoms with Gasteiger partial charge in [-0.05, 0) is 11.8 Å². The SMILES string of the molecule is [CH2]CCC(C)CCCCCCCCC(CC)CCCC. The molecular weight excluding hydrogens is 240 g/mol. The fourth-order valence-corrected chi connectivity index (χ4v) is 3.17. The van der Waals surface area contributed by atoms with Crippen molar-refractivity contribution in [3.8, 4) is 0 Å². The van der Waals surface area contributed by atoms with Gasteiger partial charge in [0.25, 0.3) is 0 Å². The van der Waals surface area contributed by atoms with Crippen LogP contribution in [0.15, 0.2) is 0 Å². The van der Waals surface area contributed by atoms with Crippen molar-refractivity contribution in [2.45, 2.75) is 111 Å². The Morgan fingerprint density at radius 1 is 0.700 bits per heavy atom. The van der Waals surface area contributed by atoms with Crippen LogP contribution in [-0.4, -0.2) is 0 Å². The number of hydrogen-bond acceptors (Lipinski definition) is 0. The van der Waals surface area contributed by atoms with Gasteiger partial charge < -0.3 is 0 Å². The second kappa shape index (κ2) is 15.4. The third-order valence-corrected chi connectivity index (χ3v) is 4.80. The fourth-order valence-electron chi connectivity index (χ4n) is 3.17. The van der Waals surface area contributed by atoms with Gasteiger partial charge in [0.2, 0.25) is 0 Å². The molecule has 0 saturated heterocycles. The Balaban J connectivity index is 3.26. The number of unbranched alkanes of at least 4 members (excludes halogenated alkanes) is 6. The van der Waals surface area contributed by atoms with E-state index in [1.165, 1.54) is 83.5 Å². The molecule has 0 rings (SSSR count). The molecular formula is C20H41. The van der Waals surface area contributed by atoms with Gasteiger partial charge in [-0.1, -0.05) is 118 Å². The second-order valence-electron chi connectivity index (χ2n) is 6.86. The molecule has 0 spiro atoms. The lowest BCUT2D eigenvalue weighted by atomic mass is 9.93. The molecule has 2 atom stereocenters. The Labute approximate surface area is 130 Å². The predicted octanol–water partition coefficient (Wildman–Crippen LogP) is 7.57. The van der Waals surface area contributed by atoms with Crippen LogP contribution >= 0.6 is 0 Å². The molecule has 0 aliphatic rings. The maximum Gasteiger partial charge on any atom is -0.0417 e. The molecule has 2 unspecified atom stereocenters. The van der Waals surface area contributed by atoms with Crippen molar-refractivity contribution >= 4 is 0 Å². The van der Waals surface area contributed by atoms with Crippen LogP contribution in [0.3, 0.4) is 0 Å². The van der Waals surface area contributed by atoms with Crippen molar-refractivity contribution < 1.29 is 0 Å². The van der Waals surface area contributed by atoms with E-state index in [-0.39, 0.29) is 0 Å². The molecule has 0 aliphatic heterocycles. The van der Waals surface area contributed by atoms with Crippen molar-refractivity contribution in [3.63, 3.8) is 0 Å². The van der Waals surface area contributed by atoms with Crippen molar-refractivity contribution in [2.24, 2.45) is 11.8 Å². The molecule has 0 aromatic rings. The second-order valence-corrected chi connectivity index (χ2v) is 6.86. The van der Waals surface area contributed by atoms with Gasteiger partial charge in [0, 0.05) is 0 Å². The minimum absolute atomic E-state index is 0.899. The first kappa shape index (κ1) is 20.0. The smallest absolute Gasteiger partial charge is 0.0417 e. The molecule has 0 fully saturated rings. The lowest BCUT2D eigenvalue weighted by Gasteiger charge is -2.14. The zero-order valence-electron chi connectivity index (χ0n) is 14.8. The Morgan fingerprint density at radius 2 is 1.25 bits per heavy atom. The van der Waals surface area contributed by atoms with E-state index in [4.69, 9.17) is 0 Å². The summed E-state index contributed by atoms with van der Waals surface area (Å²) in [6.45, 7) is 11.0. The third kappa shape index (κ3) is 13.0. The van der Waals surface area contributed by atoms with E-state index in [2.05, 4.69) is 27.7 Å². The van der Waals surface area contributed by atoms with Crippen molar-refractivity contribution in [1.82, 2.24) is 0 Å². The molecule has 1 radical (unpaired) electrons. The summed E-state index contributed by atoms with van der Waals surface area (Å²) in [5.74, 6) is 1.91. The van der Waals surface area contributed by atoms with Crippen LogP contribution in [0.5, 0.6) is 0 Å². The van der Waals surface area contributed by atoms with E-state index in [1.807, 2.05) is 0 Å². The molecule has 0 aromatic heterocycles. The first-order chi connectivity index (χ1) is 9.74. The van der Waals surface area contributed by atoms with Gasteiger partial charge >= 0.3 is 0 Å². The molecule has 0 amide bonds. The van der Waals surface area contributed by atoms with Gasteiger partial charge in [-0.3, -0.25) is 0 Å². The lowest BCUT2D eigenvalue weighted by molar-refractivity contribution is 0.398. The summed E-state index contributed by atoms with van der Waals surface area (Å²) in [6, 6.07) is 0. The quantitative estimate of drug-likeness (QED) is 0.271. The molecule has 0 aliphatic carbocycles. The summed E-state index contributed by atoms with van der Waals surface area (Å²) in [5.41, 5.74) is 0. The van der Waals surface area contributed by atoms with Crippen molar-refractivity contribution in [1.29, 1.82) is 0 Å². The van der Waals surface area contributed by atoms with E-state index in [1.54, 1.807) is 0 Å². The van der Waals surface area contributed by atoms with Gasteiger partial charge in [0.15, 0.2) is 0 Å². The van der Waals surface area contributed by atoms with Gasteiger partial charge in [-0.15, -0.1) is 0 Å². The lowest BCUT2D eigenvalue weighted by Crippen LogP contribution is -1.98. The van der Waals surface area contributed by atoms with Gasteiger partial charge in [0.1, 0.15) is 0 Å². The van der Waals surface area contributed by atoms with Crippen LogP contribution in [0.2, 0.25) is 0 Å². The van der Waals surface area contributed by atoms with E-state index < -0.39 is 0 Å². The molecule has 0 heterocycles. The Bertz CT molecular complexity index is 173. The molecule has 20 heavy (non-hydrogen) atoms. The molecule has 0 N–H and O–H groups in total. The summed E-state index contributed by atoms with van der Waals surface area (Å²) in [4.78, 5) is 0. The molecule has 0 heteroatoms. The Morgan fingerprint density at radius 3 is 1.80 bits per heavy atom.